The van der Waals surface area contributed by atoms with E-state index in [0.29, 0.717) is 17.9 Å². The Morgan fingerprint density at radius 2 is 1.72 bits per heavy atom. The first-order valence-corrected chi connectivity index (χ1v) is 8.50. The van der Waals surface area contributed by atoms with E-state index in [1.54, 1.807) is 18.0 Å². The van der Waals surface area contributed by atoms with Crippen molar-refractivity contribution >= 4 is 23.3 Å². The van der Waals surface area contributed by atoms with Gasteiger partial charge in [0.05, 0.1) is 0 Å². The molecule has 3 amide bonds. The summed E-state index contributed by atoms with van der Waals surface area (Å²) in [5.74, 6) is 0.207. The molecule has 0 heterocycles. The third-order valence-corrected chi connectivity index (χ3v) is 4.34. The second kappa shape index (κ2) is 7.38. The van der Waals surface area contributed by atoms with Crippen LogP contribution in [0.2, 0.25) is 0 Å². The van der Waals surface area contributed by atoms with E-state index in [9.17, 15) is 9.59 Å². The average Bonchev–Trinajstić information content (AvgIpc) is 3.42. The van der Waals surface area contributed by atoms with E-state index in [1.807, 2.05) is 49.4 Å². The van der Waals surface area contributed by atoms with E-state index in [0.717, 1.165) is 24.0 Å². The molecule has 0 unspecified atom stereocenters. The quantitative estimate of drug-likeness (QED) is 0.866. The van der Waals surface area contributed by atoms with Gasteiger partial charge in [-0.15, -0.1) is 0 Å². The van der Waals surface area contributed by atoms with Crippen LogP contribution in [0.1, 0.15) is 24.0 Å². The van der Waals surface area contributed by atoms with Crippen LogP contribution in [0.3, 0.4) is 0 Å². The summed E-state index contributed by atoms with van der Waals surface area (Å²) < 4.78 is 0. The molecule has 5 nitrogen and oxygen atoms in total. The van der Waals surface area contributed by atoms with Gasteiger partial charge in [-0.2, -0.15) is 0 Å². The summed E-state index contributed by atoms with van der Waals surface area (Å²) in [4.78, 5) is 25.9. The zero-order valence-electron chi connectivity index (χ0n) is 14.6. The van der Waals surface area contributed by atoms with E-state index < -0.39 is 0 Å². The maximum atomic E-state index is 12.4. The molecular formula is C20H23N3O2. The van der Waals surface area contributed by atoms with Crippen LogP contribution in [0.15, 0.2) is 48.5 Å². The Morgan fingerprint density at radius 3 is 2.40 bits per heavy atom. The van der Waals surface area contributed by atoms with Gasteiger partial charge < -0.3 is 15.5 Å². The number of anilines is 2. The van der Waals surface area contributed by atoms with Gasteiger partial charge in [0.1, 0.15) is 0 Å². The van der Waals surface area contributed by atoms with Gasteiger partial charge in [0.2, 0.25) is 5.91 Å². The number of nitrogens with zero attached hydrogens (tertiary/aromatic N) is 1. The molecule has 0 radical (unpaired) electrons. The van der Waals surface area contributed by atoms with Gasteiger partial charge in [-0.3, -0.25) is 4.79 Å². The van der Waals surface area contributed by atoms with Crippen LogP contribution in [0.4, 0.5) is 16.2 Å². The molecule has 25 heavy (non-hydrogen) atoms. The largest absolute Gasteiger partial charge is 0.326 e. The van der Waals surface area contributed by atoms with E-state index in [-0.39, 0.29) is 17.9 Å². The fourth-order valence-electron chi connectivity index (χ4n) is 2.60. The lowest BCUT2D eigenvalue weighted by Gasteiger charge is -2.19. The molecule has 5 heteroatoms. The first-order chi connectivity index (χ1) is 12.0. The second-order valence-electron chi connectivity index (χ2n) is 6.56. The van der Waals surface area contributed by atoms with Crippen LogP contribution in [-0.2, 0) is 11.3 Å². The van der Waals surface area contributed by atoms with E-state index >= 15 is 0 Å². The molecular weight excluding hydrogens is 314 g/mol. The van der Waals surface area contributed by atoms with Crippen molar-refractivity contribution < 1.29 is 9.59 Å². The highest BCUT2D eigenvalue weighted by Crippen LogP contribution is 2.30. The third-order valence-electron chi connectivity index (χ3n) is 4.34. The second-order valence-corrected chi connectivity index (χ2v) is 6.56. The zero-order chi connectivity index (χ0) is 17.8. The van der Waals surface area contributed by atoms with E-state index in [4.69, 9.17) is 0 Å². The molecule has 0 bridgehead atoms. The number of amides is 3. The molecule has 130 valence electrons. The molecule has 0 spiro atoms. The summed E-state index contributed by atoms with van der Waals surface area (Å²) in [6.45, 7) is 2.57. The van der Waals surface area contributed by atoms with Crippen molar-refractivity contribution in [2.75, 3.05) is 17.7 Å². The molecule has 0 aliphatic heterocycles. The summed E-state index contributed by atoms with van der Waals surface area (Å²) in [5, 5.41) is 5.77. The number of hydrogen-bond acceptors (Lipinski definition) is 2. The third kappa shape index (κ3) is 4.59. The van der Waals surface area contributed by atoms with Crippen molar-refractivity contribution in [3.63, 3.8) is 0 Å². The molecule has 0 atom stereocenters. The van der Waals surface area contributed by atoms with Crippen molar-refractivity contribution in [3.05, 3.63) is 59.7 Å². The number of nitrogens with one attached hydrogen (secondary N) is 2. The number of urea groups is 1. The highest BCUT2D eigenvalue weighted by Gasteiger charge is 2.29. The predicted octanol–water partition coefficient (Wildman–Crippen LogP) is 4.01. The Labute approximate surface area is 148 Å². The highest BCUT2D eigenvalue weighted by molar-refractivity contribution is 5.95. The van der Waals surface area contributed by atoms with Crippen molar-refractivity contribution in [1.29, 1.82) is 0 Å². The monoisotopic (exact) mass is 337 g/mol. The van der Waals surface area contributed by atoms with E-state index in [1.165, 1.54) is 0 Å². The highest BCUT2D eigenvalue weighted by atomic mass is 16.2. The Kier molecular flexibility index (Phi) is 5.03. The average molecular weight is 337 g/mol. The minimum atomic E-state index is -0.186. The van der Waals surface area contributed by atoms with Gasteiger partial charge in [-0.25, -0.2) is 4.79 Å². The minimum absolute atomic E-state index is 0.0557. The Balaban J connectivity index is 1.60. The van der Waals surface area contributed by atoms with Gasteiger partial charge in [0, 0.05) is 30.9 Å². The minimum Gasteiger partial charge on any atom is -0.326 e. The maximum Gasteiger partial charge on any atom is 0.321 e. The summed E-state index contributed by atoms with van der Waals surface area (Å²) in [6.07, 6.45) is 1.93. The molecule has 1 aliphatic carbocycles. The Bertz CT molecular complexity index is 784. The molecule has 1 aliphatic rings. The normalized spacial score (nSPS) is 13.2. The van der Waals surface area contributed by atoms with Crippen molar-refractivity contribution in [1.82, 2.24) is 4.90 Å². The van der Waals surface area contributed by atoms with Crippen LogP contribution in [0.5, 0.6) is 0 Å². The molecule has 0 saturated heterocycles. The zero-order valence-corrected chi connectivity index (χ0v) is 14.6. The number of rotatable bonds is 5. The first kappa shape index (κ1) is 17.0. The smallest absolute Gasteiger partial charge is 0.321 e. The van der Waals surface area contributed by atoms with Crippen molar-refractivity contribution in [3.8, 4) is 0 Å². The van der Waals surface area contributed by atoms with Crippen LogP contribution < -0.4 is 10.6 Å². The summed E-state index contributed by atoms with van der Waals surface area (Å²) in [6, 6.07) is 15.1. The van der Waals surface area contributed by atoms with Gasteiger partial charge in [-0.1, -0.05) is 30.3 Å². The lowest BCUT2D eigenvalue weighted by Crippen LogP contribution is -2.31. The number of hydrogen-bond donors (Lipinski definition) is 2. The fourth-order valence-corrected chi connectivity index (χ4v) is 2.60. The molecule has 2 aromatic rings. The van der Waals surface area contributed by atoms with Crippen molar-refractivity contribution in [2.24, 2.45) is 5.92 Å². The van der Waals surface area contributed by atoms with Crippen LogP contribution in [0.25, 0.3) is 0 Å². The Hall–Kier alpha value is -2.82. The summed E-state index contributed by atoms with van der Waals surface area (Å²) in [5.41, 5.74) is 3.64. The SMILES string of the molecule is Cc1ccccc1CN(C)C(=O)Nc1cccc(NC(=O)C2CC2)c1. The van der Waals surface area contributed by atoms with Crippen molar-refractivity contribution in [2.45, 2.75) is 26.3 Å². The molecule has 3 rings (SSSR count). The topological polar surface area (TPSA) is 61.4 Å². The lowest BCUT2D eigenvalue weighted by molar-refractivity contribution is -0.117. The van der Waals surface area contributed by atoms with Crippen LogP contribution >= 0.6 is 0 Å². The number of benzene rings is 2. The van der Waals surface area contributed by atoms with Gasteiger partial charge in [0.15, 0.2) is 0 Å². The standard InChI is InChI=1S/C20H23N3O2/c1-14-6-3-4-7-16(14)13-23(2)20(25)22-18-9-5-8-17(12-18)21-19(24)15-10-11-15/h3-9,12,15H,10-11,13H2,1-2H3,(H,21,24)(H,22,25). The number of carbonyl (C=O) groups excluding carboxylic acids is 2. The molecule has 2 aromatic carbocycles. The van der Waals surface area contributed by atoms with Crippen LogP contribution in [0, 0.1) is 12.8 Å². The summed E-state index contributed by atoms with van der Waals surface area (Å²) in [7, 11) is 1.76. The molecule has 2 N–H and O–H groups in total. The lowest BCUT2D eigenvalue weighted by atomic mass is 10.1. The van der Waals surface area contributed by atoms with Gasteiger partial charge >= 0.3 is 6.03 Å². The number of aryl methyl sites for hydroxylation is 1. The molecule has 1 fully saturated rings. The summed E-state index contributed by atoms with van der Waals surface area (Å²) >= 11 is 0. The van der Waals surface area contributed by atoms with Gasteiger partial charge in [-0.05, 0) is 49.1 Å². The van der Waals surface area contributed by atoms with Crippen LogP contribution in [-0.4, -0.2) is 23.9 Å². The number of carbonyl (C=O) groups is 2. The Morgan fingerprint density at radius 1 is 1.04 bits per heavy atom. The maximum absolute atomic E-state index is 12.4. The molecule has 0 aromatic heterocycles. The molecule has 1 saturated carbocycles. The first-order valence-electron chi connectivity index (χ1n) is 8.50. The predicted molar refractivity (Wildman–Crippen MR) is 99.5 cm³/mol. The fraction of sp³-hybridized carbons (Fsp3) is 0.300. The van der Waals surface area contributed by atoms with Gasteiger partial charge in [0.25, 0.3) is 0 Å². The van der Waals surface area contributed by atoms with E-state index in [2.05, 4.69) is 10.6 Å².